The molecule has 1 N–H and O–H groups in total. The second kappa shape index (κ2) is 6.30. The predicted molar refractivity (Wildman–Crippen MR) is 71.7 cm³/mol. The van der Waals surface area contributed by atoms with Crippen molar-refractivity contribution in [2.75, 3.05) is 13.2 Å². The van der Waals surface area contributed by atoms with Gasteiger partial charge < -0.3 is 9.84 Å². The van der Waals surface area contributed by atoms with Crippen LogP contribution in [0.3, 0.4) is 0 Å². The summed E-state index contributed by atoms with van der Waals surface area (Å²) < 4.78 is 10.8. The van der Waals surface area contributed by atoms with Gasteiger partial charge in [0.2, 0.25) is 0 Å². The summed E-state index contributed by atoms with van der Waals surface area (Å²) in [5.41, 5.74) is 1.93. The van der Waals surface area contributed by atoms with Gasteiger partial charge in [-0.25, -0.2) is 0 Å². The van der Waals surface area contributed by atoms with E-state index in [-0.39, 0.29) is 13.2 Å². The predicted octanol–water partition coefficient (Wildman–Crippen LogP) is 2.07. The molecular weight excluding hydrogens is 262 g/mol. The number of aliphatic hydroxyl groups is 1. The molecule has 3 atom stereocenters. The molecule has 6 heteroatoms. The Morgan fingerprint density at radius 2 is 2.05 bits per heavy atom. The monoisotopic (exact) mass is 281 g/mol. The molecule has 1 aromatic rings. The minimum atomic E-state index is -1.23. The molecule has 0 bridgehead atoms. The molecule has 0 aliphatic carbocycles. The molecule has 20 heavy (non-hydrogen) atoms. The number of ether oxygens (including phenoxy) is 2. The second-order valence-electron chi connectivity index (χ2n) is 5.24. The Balaban J connectivity index is 2.11. The lowest BCUT2D eigenvalue weighted by Crippen LogP contribution is -2.42. The third kappa shape index (κ3) is 3.15. The molecule has 1 aliphatic heterocycles. The van der Waals surface area contributed by atoms with Gasteiger partial charge in [0.15, 0.2) is 6.29 Å². The van der Waals surface area contributed by atoms with Crippen molar-refractivity contribution in [3.63, 3.8) is 0 Å². The Morgan fingerprint density at radius 3 is 2.55 bits per heavy atom. The van der Waals surface area contributed by atoms with Crippen LogP contribution in [0.2, 0.25) is 0 Å². The van der Waals surface area contributed by atoms with Crippen molar-refractivity contribution in [1.82, 2.24) is 0 Å². The first-order valence-corrected chi connectivity index (χ1v) is 6.64. The average molecular weight is 281 g/mol. The molecule has 110 valence electrons. The topological polar surface area (TPSA) is 81.8 Å². The van der Waals surface area contributed by atoms with Gasteiger partial charge in [-0.3, -0.25) is 14.9 Å². The van der Waals surface area contributed by atoms with E-state index < -0.39 is 23.4 Å². The molecule has 0 radical (unpaired) electrons. The zero-order chi connectivity index (χ0) is 14.7. The first-order chi connectivity index (χ1) is 9.52. The Morgan fingerprint density at radius 1 is 1.40 bits per heavy atom. The van der Waals surface area contributed by atoms with Crippen molar-refractivity contribution < 1.29 is 19.5 Å². The number of nitro groups is 1. The quantitative estimate of drug-likeness (QED) is 0.675. The van der Waals surface area contributed by atoms with E-state index in [1.807, 2.05) is 24.3 Å². The maximum absolute atomic E-state index is 11.0. The van der Waals surface area contributed by atoms with Crippen LogP contribution in [0.15, 0.2) is 24.3 Å². The molecule has 0 amide bonds. The summed E-state index contributed by atoms with van der Waals surface area (Å²) >= 11 is 0. The molecule has 2 rings (SSSR count). The number of hydrogen-bond acceptors (Lipinski definition) is 5. The Hall–Kier alpha value is -1.50. The molecule has 1 saturated heterocycles. The SMILES string of the molecule is CC(C)c1ccc(C2OCC(CO)C([N+](=O)[O-])O2)cc1. The number of benzene rings is 1. The van der Waals surface area contributed by atoms with E-state index in [0.29, 0.717) is 5.92 Å². The van der Waals surface area contributed by atoms with Crippen LogP contribution in [0, 0.1) is 16.0 Å². The standard InChI is InChI=1S/C14H19NO5/c1-9(2)10-3-5-11(6-4-10)14-19-8-12(7-16)13(20-14)15(17)18/h3-6,9,12-14,16H,7-8H2,1-2H3. The first kappa shape index (κ1) is 14.9. The molecule has 1 heterocycles. The van der Waals surface area contributed by atoms with Gasteiger partial charge in [0.05, 0.1) is 18.1 Å². The van der Waals surface area contributed by atoms with Crippen LogP contribution in [-0.4, -0.2) is 29.5 Å². The summed E-state index contributed by atoms with van der Waals surface area (Å²) in [6, 6.07) is 7.64. The molecule has 1 aromatic carbocycles. The lowest BCUT2D eigenvalue weighted by Gasteiger charge is -2.30. The van der Waals surface area contributed by atoms with Crippen LogP contribution < -0.4 is 0 Å². The molecule has 6 nitrogen and oxygen atoms in total. The van der Waals surface area contributed by atoms with Crippen molar-refractivity contribution in [2.24, 2.45) is 5.92 Å². The highest BCUT2D eigenvalue weighted by Crippen LogP contribution is 2.30. The van der Waals surface area contributed by atoms with Gasteiger partial charge in [0, 0.05) is 5.56 Å². The van der Waals surface area contributed by atoms with Crippen molar-refractivity contribution in [3.8, 4) is 0 Å². The van der Waals surface area contributed by atoms with Crippen molar-refractivity contribution in [1.29, 1.82) is 0 Å². The van der Waals surface area contributed by atoms with Crippen LogP contribution >= 0.6 is 0 Å². The van der Waals surface area contributed by atoms with Crippen LogP contribution in [0.25, 0.3) is 0 Å². The molecular formula is C14H19NO5. The van der Waals surface area contributed by atoms with Crippen LogP contribution in [0.1, 0.15) is 37.2 Å². The van der Waals surface area contributed by atoms with Crippen LogP contribution in [-0.2, 0) is 9.47 Å². The molecule has 1 fully saturated rings. The highest BCUT2D eigenvalue weighted by atomic mass is 16.7. The minimum absolute atomic E-state index is 0.110. The molecule has 1 aliphatic rings. The van der Waals surface area contributed by atoms with Crippen LogP contribution in [0.5, 0.6) is 0 Å². The van der Waals surface area contributed by atoms with Gasteiger partial charge in [0.1, 0.15) is 5.92 Å². The highest BCUT2D eigenvalue weighted by Gasteiger charge is 2.40. The van der Waals surface area contributed by atoms with Crippen molar-refractivity contribution >= 4 is 0 Å². The lowest BCUT2D eigenvalue weighted by molar-refractivity contribution is -0.609. The molecule has 0 spiro atoms. The third-order valence-electron chi connectivity index (χ3n) is 3.45. The highest BCUT2D eigenvalue weighted by molar-refractivity contribution is 5.25. The summed E-state index contributed by atoms with van der Waals surface area (Å²) in [6.45, 7) is 3.97. The fourth-order valence-electron chi connectivity index (χ4n) is 2.15. The van der Waals surface area contributed by atoms with E-state index in [9.17, 15) is 10.1 Å². The maximum atomic E-state index is 11.0. The normalized spacial score (nSPS) is 26.7. The number of rotatable bonds is 4. The van der Waals surface area contributed by atoms with E-state index in [1.54, 1.807) is 0 Å². The van der Waals surface area contributed by atoms with E-state index in [1.165, 1.54) is 5.56 Å². The van der Waals surface area contributed by atoms with Gasteiger partial charge in [-0.1, -0.05) is 38.1 Å². The Kier molecular flexibility index (Phi) is 4.69. The summed E-state index contributed by atoms with van der Waals surface area (Å²) in [5, 5.41) is 20.1. The lowest BCUT2D eigenvalue weighted by atomic mass is 10.0. The largest absolute Gasteiger partial charge is 0.396 e. The Labute approximate surface area is 117 Å². The number of nitrogens with zero attached hydrogens (tertiary/aromatic N) is 1. The zero-order valence-corrected chi connectivity index (χ0v) is 11.6. The van der Waals surface area contributed by atoms with Crippen molar-refractivity contribution in [2.45, 2.75) is 32.3 Å². The van der Waals surface area contributed by atoms with Crippen molar-refractivity contribution in [3.05, 3.63) is 45.5 Å². The molecule has 0 saturated carbocycles. The van der Waals surface area contributed by atoms with Gasteiger partial charge >= 0.3 is 6.23 Å². The molecule has 3 unspecified atom stereocenters. The summed E-state index contributed by atoms with van der Waals surface area (Å²) in [6.07, 6.45) is -1.99. The zero-order valence-electron chi connectivity index (χ0n) is 11.6. The fourth-order valence-corrected chi connectivity index (χ4v) is 2.15. The third-order valence-corrected chi connectivity index (χ3v) is 3.45. The van der Waals surface area contributed by atoms with Crippen LogP contribution in [0.4, 0.5) is 0 Å². The van der Waals surface area contributed by atoms with E-state index >= 15 is 0 Å². The van der Waals surface area contributed by atoms with E-state index in [0.717, 1.165) is 5.56 Å². The van der Waals surface area contributed by atoms with Gasteiger partial charge in [-0.05, 0) is 11.5 Å². The minimum Gasteiger partial charge on any atom is -0.396 e. The smallest absolute Gasteiger partial charge is 0.325 e. The summed E-state index contributed by atoms with van der Waals surface area (Å²) in [7, 11) is 0. The summed E-state index contributed by atoms with van der Waals surface area (Å²) in [5.74, 6) is -0.210. The number of hydrogen-bond donors (Lipinski definition) is 1. The fraction of sp³-hybridized carbons (Fsp3) is 0.571. The van der Waals surface area contributed by atoms with Gasteiger partial charge in [-0.15, -0.1) is 0 Å². The van der Waals surface area contributed by atoms with E-state index in [4.69, 9.17) is 14.6 Å². The first-order valence-electron chi connectivity index (χ1n) is 6.64. The maximum Gasteiger partial charge on any atom is 0.325 e. The number of aliphatic hydroxyl groups excluding tert-OH is 1. The van der Waals surface area contributed by atoms with E-state index in [2.05, 4.69) is 13.8 Å². The average Bonchev–Trinajstić information content (AvgIpc) is 2.46. The van der Waals surface area contributed by atoms with Gasteiger partial charge in [-0.2, -0.15) is 0 Å². The molecule has 0 aromatic heterocycles. The Bertz CT molecular complexity index is 459. The van der Waals surface area contributed by atoms with Gasteiger partial charge in [0.25, 0.3) is 0 Å². The second-order valence-corrected chi connectivity index (χ2v) is 5.24. The summed E-state index contributed by atoms with van der Waals surface area (Å²) in [4.78, 5) is 10.4.